The van der Waals surface area contributed by atoms with Gasteiger partial charge in [-0.25, -0.2) is 4.99 Å². The van der Waals surface area contributed by atoms with Gasteiger partial charge in [0.25, 0.3) is 0 Å². The Hall–Kier alpha value is -1.52. The second kappa shape index (κ2) is 5.70. The quantitative estimate of drug-likeness (QED) is 0.661. The molecule has 0 saturated carbocycles. The molecule has 1 aromatic carbocycles. The lowest BCUT2D eigenvalue weighted by Gasteiger charge is -2.04. The minimum absolute atomic E-state index is 0.403. The zero-order valence-electron chi connectivity index (χ0n) is 9.06. The van der Waals surface area contributed by atoms with Crippen LogP contribution in [0.5, 0.6) is 0 Å². The van der Waals surface area contributed by atoms with Crippen LogP contribution in [-0.2, 0) is 6.54 Å². The molecule has 0 aliphatic heterocycles. The third-order valence-corrected chi connectivity index (χ3v) is 3.30. The topological polar surface area (TPSA) is 50.4 Å². The first-order chi connectivity index (χ1) is 8.24. The fraction of sp³-hybridized carbons (Fsp3) is 0.0833. The van der Waals surface area contributed by atoms with Crippen molar-refractivity contribution in [2.75, 3.05) is 5.32 Å². The fourth-order valence-corrected chi connectivity index (χ4v) is 2.32. The van der Waals surface area contributed by atoms with Crippen LogP contribution < -0.4 is 11.1 Å². The average molecular weight is 266 g/mol. The molecule has 2 rings (SSSR count). The van der Waals surface area contributed by atoms with Crippen molar-refractivity contribution >= 4 is 34.6 Å². The number of hydrogen-bond acceptors (Lipinski definition) is 2. The van der Waals surface area contributed by atoms with Gasteiger partial charge in [-0.15, -0.1) is 11.3 Å². The number of nitrogens with zero attached hydrogens (tertiary/aromatic N) is 1. The molecule has 88 valence electrons. The van der Waals surface area contributed by atoms with Crippen LogP contribution in [0, 0.1) is 0 Å². The Balaban J connectivity index is 1.94. The van der Waals surface area contributed by atoms with E-state index in [1.807, 2.05) is 42.5 Å². The smallest absolute Gasteiger partial charge is 0.193 e. The average Bonchev–Trinajstić information content (AvgIpc) is 2.74. The minimum atomic E-state index is 0.403. The number of anilines is 1. The number of rotatable bonds is 3. The van der Waals surface area contributed by atoms with E-state index in [-0.39, 0.29) is 0 Å². The molecule has 5 heteroatoms. The molecule has 17 heavy (non-hydrogen) atoms. The number of halogens is 1. The first-order valence-electron chi connectivity index (χ1n) is 5.10. The summed E-state index contributed by atoms with van der Waals surface area (Å²) in [4.78, 5) is 5.33. The molecule has 0 radical (unpaired) electrons. The van der Waals surface area contributed by atoms with Gasteiger partial charge in [-0.05, 0) is 24.3 Å². The molecule has 1 aromatic heterocycles. The molecule has 0 unspecified atom stereocenters. The van der Waals surface area contributed by atoms with Crippen molar-refractivity contribution in [3.63, 3.8) is 0 Å². The second-order valence-corrected chi connectivity index (χ2v) is 5.20. The first-order valence-corrected chi connectivity index (χ1v) is 6.30. The Morgan fingerprint density at radius 1 is 1.24 bits per heavy atom. The first kappa shape index (κ1) is 12.0. The lowest BCUT2D eigenvalue weighted by molar-refractivity contribution is 1.09. The molecule has 3 N–H and O–H groups in total. The van der Waals surface area contributed by atoms with E-state index in [4.69, 9.17) is 17.3 Å². The normalized spacial score (nSPS) is 11.5. The zero-order valence-corrected chi connectivity index (χ0v) is 10.6. The number of nitrogens with two attached hydrogens (primary N) is 1. The Labute approximate surface area is 109 Å². The predicted octanol–water partition coefficient (Wildman–Crippen LogP) is 3.33. The van der Waals surface area contributed by atoms with Gasteiger partial charge in [0.1, 0.15) is 0 Å². The molecule has 2 aromatic rings. The van der Waals surface area contributed by atoms with Crippen LogP contribution in [0.3, 0.4) is 0 Å². The van der Waals surface area contributed by atoms with E-state index in [2.05, 4.69) is 10.3 Å². The van der Waals surface area contributed by atoms with Gasteiger partial charge in [0.15, 0.2) is 5.96 Å². The number of guanidine groups is 1. The highest BCUT2D eigenvalue weighted by Gasteiger charge is 1.97. The van der Waals surface area contributed by atoms with Gasteiger partial charge in [0.05, 0.1) is 10.9 Å². The number of benzene rings is 1. The number of para-hydroxylation sites is 1. The van der Waals surface area contributed by atoms with E-state index in [0.717, 1.165) is 14.9 Å². The molecule has 3 nitrogen and oxygen atoms in total. The summed E-state index contributed by atoms with van der Waals surface area (Å²) < 4.78 is 0.768. The third-order valence-electron chi connectivity index (χ3n) is 2.08. The molecule has 0 bridgehead atoms. The summed E-state index contributed by atoms with van der Waals surface area (Å²) in [5, 5.41) is 3.02. The lowest BCUT2D eigenvalue weighted by Crippen LogP contribution is -2.22. The van der Waals surface area contributed by atoms with Gasteiger partial charge in [-0.2, -0.15) is 0 Å². The number of aliphatic imine (C=N–C) groups is 1. The van der Waals surface area contributed by atoms with Gasteiger partial charge in [0, 0.05) is 10.6 Å². The lowest BCUT2D eigenvalue weighted by atomic mass is 10.3. The van der Waals surface area contributed by atoms with Gasteiger partial charge in [-0.3, -0.25) is 0 Å². The van der Waals surface area contributed by atoms with Crippen molar-refractivity contribution in [1.29, 1.82) is 0 Å². The summed E-state index contributed by atoms with van der Waals surface area (Å²) in [7, 11) is 0. The molecule has 1 heterocycles. The standard InChI is InChI=1S/C12H12ClN3S/c13-11-7-6-10(17-11)8-15-12(14)16-9-4-2-1-3-5-9/h1-7H,8H2,(H3,14,15,16). The highest BCUT2D eigenvalue weighted by atomic mass is 35.5. The summed E-state index contributed by atoms with van der Waals surface area (Å²) in [5.41, 5.74) is 6.70. The summed E-state index contributed by atoms with van der Waals surface area (Å²) in [5.74, 6) is 0.403. The van der Waals surface area contributed by atoms with Gasteiger partial charge >= 0.3 is 0 Å². The zero-order chi connectivity index (χ0) is 12.1. The highest BCUT2D eigenvalue weighted by Crippen LogP contribution is 2.21. The predicted molar refractivity (Wildman–Crippen MR) is 74.7 cm³/mol. The van der Waals surface area contributed by atoms with Gasteiger partial charge in [0.2, 0.25) is 0 Å². The van der Waals surface area contributed by atoms with Crippen LogP contribution in [0.2, 0.25) is 4.34 Å². The molecule has 0 amide bonds. The molecule has 0 aliphatic rings. The molecule has 0 fully saturated rings. The monoisotopic (exact) mass is 265 g/mol. The maximum Gasteiger partial charge on any atom is 0.193 e. The second-order valence-electron chi connectivity index (χ2n) is 3.40. The van der Waals surface area contributed by atoms with E-state index in [1.165, 1.54) is 11.3 Å². The van der Waals surface area contributed by atoms with Crippen molar-refractivity contribution in [3.8, 4) is 0 Å². The number of nitrogens with one attached hydrogen (secondary N) is 1. The van der Waals surface area contributed by atoms with E-state index in [9.17, 15) is 0 Å². The maximum absolute atomic E-state index is 5.83. The van der Waals surface area contributed by atoms with Crippen LogP contribution in [0.4, 0.5) is 5.69 Å². The Morgan fingerprint density at radius 3 is 2.65 bits per heavy atom. The van der Waals surface area contributed by atoms with Crippen molar-refractivity contribution < 1.29 is 0 Å². The van der Waals surface area contributed by atoms with E-state index in [0.29, 0.717) is 12.5 Å². The molecule has 0 saturated heterocycles. The van der Waals surface area contributed by atoms with Crippen LogP contribution in [0.25, 0.3) is 0 Å². The van der Waals surface area contributed by atoms with E-state index >= 15 is 0 Å². The van der Waals surface area contributed by atoms with Crippen molar-refractivity contribution in [2.24, 2.45) is 10.7 Å². The van der Waals surface area contributed by atoms with Crippen LogP contribution in [0.15, 0.2) is 47.5 Å². The highest BCUT2D eigenvalue weighted by molar-refractivity contribution is 7.16. The van der Waals surface area contributed by atoms with E-state index < -0.39 is 0 Å². The Kier molecular flexibility index (Phi) is 4.01. The number of hydrogen-bond donors (Lipinski definition) is 2. The van der Waals surface area contributed by atoms with Gasteiger partial charge < -0.3 is 11.1 Å². The summed E-state index contributed by atoms with van der Waals surface area (Å²) >= 11 is 7.34. The van der Waals surface area contributed by atoms with Crippen LogP contribution >= 0.6 is 22.9 Å². The van der Waals surface area contributed by atoms with Crippen molar-refractivity contribution in [2.45, 2.75) is 6.54 Å². The summed E-state index contributed by atoms with van der Waals surface area (Å²) in [6.07, 6.45) is 0. The summed E-state index contributed by atoms with van der Waals surface area (Å²) in [6, 6.07) is 13.5. The molecular formula is C12H12ClN3S. The maximum atomic E-state index is 5.83. The molecule has 0 aliphatic carbocycles. The van der Waals surface area contributed by atoms with Gasteiger partial charge in [-0.1, -0.05) is 29.8 Å². The van der Waals surface area contributed by atoms with Crippen molar-refractivity contribution in [1.82, 2.24) is 0 Å². The van der Waals surface area contributed by atoms with Crippen LogP contribution in [0.1, 0.15) is 4.88 Å². The van der Waals surface area contributed by atoms with E-state index in [1.54, 1.807) is 0 Å². The SMILES string of the molecule is NC(=NCc1ccc(Cl)s1)Nc1ccccc1. The molecule has 0 spiro atoms. The Bertz CT molecular complexity index is 507. The molecular weight excluding hydrogens is 254 g/mol. The summed E-state index contributed by atoms with van der Waals surface area (Å²) in [6.45, 7) is 0.545. The Morgan fingerprint density at radius 2 is 2.00 bits per heavy atom. The van der Waals surface area contributed by atoms with Crippen molar-refractivity contribution in [3.05, 3.63) is 51.7 Å². The third kappa shape index (κ3) is 3.76. The minimum Gasteiger partial charge on any atom is -0.370 e. The largest absolute Gasteiger partial charge is 0.370 e. The number of thiophene rings is 1. The fourth-order valence-electron chi connectivity index (χ4n) is 1.31. The van der Waals surface area contributed by atoms with Crippen LogP contribution in [-0.4, -0.2) is 5.96 Å². The molecule has 0 atom stereocenters.